The Hall–Kier alpha value is -0.336. The van der Waals surface area contributed by atoms with E-state index in [1.54, 1.807) is 0 Å². The van der Waals surface area contributed by atoms with Crippen molar-refractivity contribution in [1.82, 2.24) is 9.79 Å². The van der Waals surface area contributed by atoms with Crippen LogP contribution in [0.2, 0.25) is 0 Å². The molecule has 0 bridgehead atoms. The van der Waals surface area contributed by atoms with Gasteiger partial charge < -0.3 is 13.8 Å². The molecule has 0 heterocycles. The van der Waals surface area contributed by atoms with Gasteiger partial charge in [-0.1, -0.05) is 13.8 Å². The van der Waals surface area contributed by atoms with Crippen molar-refractivity contribution >= 4 is 15.9 Å². The topological polar surface area (TPSA) is 86.7 Å². The predicted molar refractivity (Wildman–Crippen MR) is 90.0 cm³/mol. The molecule has 1 aromatic rings. The van der Waals surface area contributed by atoms with Crippen LogP contribution in [0.1, 0.15) is 25.0 Å². The summed E-state index contributed by atoms with van der Waals surface area (Å²) >= 11 is 0. The molecule has 0 aromatic heterocycles. The van der Waals surface area contributed by atoms with Gasteiger partial charge in [0.05, 0.1) is 0 Å². The molecule has 1 rings (SSSR count). The van der Waals surface area contributed by atoms with Crippen molar-refractivity contribution in [3.63, 3.8) is 0 Å². The van der Waals surface area contributed by atoms with Gasteiger partial charge in [0.25, 0.3) is 5.91 Å². The van der Waals surface area contributed by atoms with E-state index >= 15 is 0 Å². The van der Waals surface area contributed by atoms with Crippen LogP contribution in [0.3, 0.4) is 0 Å². The van der Waals surface area contributed by atoms with Gasteiger partial charge in [0.1, 0.15) is 0 Å². The number of nitrogens with one attached hydrogen (secondary N) is 1. The van der Waals surface area contributed by atoms with Crippen molar-refractivity contribution in [1.29, 1.82) is 0 Å². The number of nitrogens with zero attached hydrogens (tertiary/aromatic N) is 1. The summed E-state index contributed by atoms with van der Waals surface area (Å²) in [5.74, 6) is -0.991. The number of rotatable bonds is 5. The average Bonchev–Trinajstić information content (AvgIpc) is 2.50. The molecule has 0 aliphatic heterocycles. The molecule has 1 amide bonds. The van der Waals surface area contributed by atoms with Gasteiger partial charge in [-0.2, -0.15) is 35.4 Å². The first-order valence-electron chi connectivity index (χ1n) is 7.02. The molecule has 0 atom stereocenters. The van der Waals surface area contributed by atoms with E-state index in [4.69, 9.17) is 5.21 Å². The van der Waals surface area contributed by atoms with Crippen molar-refractivity contribution in [3.05, 3.63) is 49.2 Å². The zero-order valence-electron chi connectivity index (χ0n) is 14.7. The van der Waals surface area contributed by atoms with E-state index in [0.717, 1.165) is 4.31 Å². The van der Waals surface area contributed by atoms with Gasteiger partial charge in [-0.3, -0.25) is 14.3 Å². The molecule has 2 N–H and O–H groups in total. The number of hydroxylamine groups is 1. The molecule has 0 saturated heterocycles. The van der Waals surface area contributed by atoms with Crippen LogP contribution < -0.4 is 5.48 Å². The molecule has 0 radical (unpaired) electrons. The number of hydrogen-bond donors (Lipinski definition) is 2. The number of carbonyl (C=O) groups excluding carboxylic acids is 1. The summed E-state index contributed by atoms with van der Waals surface area (Å²) in [6.07, 6.45) is 0. The van der Waals surface area contributed by atoms with E-state index < -0.39 is 20.7 Å². The Kier molecular flexibility index (Phi) is 12.2. The molecular formula is C16H25N2O4SY. The summed E-state index contributed by atoms with van der Waals surface area (Å²) in [6, 6.07) is 8.99. The zero-order chi connectivity index (χ0) is 18.3. The molecule has 0 saturated carbocycles. The number of carbonyl (C=O) groups is 1. The summed E-state index contributed by atoms with van der Waals surface area (Å²) in [7, 11) is -3.88. The van der Waals surface area contributed by atoms with Gasteiger partial charge in [-0.15, -0.1) is 13.1 Å². The fraction of sp³-hybridized carbons (Fsp3) is 0.438. The van der Waals surface area contributed by atoms with E-state index in [-0.39, 0.29) is 45.8 Å². The molecule has 0 unspecified atom stereocenters. The van der Waals surface area contributed by atoms with Crippen molar-refractivity contribution in [2.75, 3.05) is 13.1 Å². The molecule has 0 spiro atoms. The first kappa shape index (κ1) is 25.9. The fourth-order valence-corrected chi connectivity index (χ4v) is 2.92. The average molecular weight is 430 g/mol. The molecule has 0 aliphatic rings. The normalized spacial score (nSPS) is 11.2. The van der Waals surface area contributed by atoms with Crippen LogP contribution in [0.25, 0.3) is 0 Å². The standard InChI is InChI=1S/C8H16N2O4S.C8H9.Y/c1-5-10(6-2)15(13,14)8(3,4)7(11)9-12;1-7-5-3-4-6-8(7)2;/h12H,1-2,5-6H2,3-4H3,(H,9,11);3,5-6H,1-2H3;/q-2;-1;+3. The Bertz CT molecular complexity index is 593. The van der Waals surface area contributed by atoms with Crippen LogP contribution in [0.4, 0.5) is 0 Å². The number of amides is 1. The van der Waals surface area contributed by atoms with E-state index in [0.29, 0.717) is 0 Å². The van der Waals surface area contributed by atoms with Gasteiger partial charge in [-0.05, 0) is 13.8 Å². The maximum Gasteiger partial charge on any atom is 3.00 e. The monoisotopic (exact) mass is 430 g/mol. The smallest absolute Gasteiger partial charge is 0.329 e. The van der Waals surface area contributed by atoms with Crippen molar-refractivity contribution in [3.8, 4) is 0 Å². The maximum absolute atomic E-state index is 11.9. The largest absolute Gasteiger partial charge is 3.00 e. The molecule has 1 aromatic carbocycles. The molecule has 0 aliphatic carbocycles. The summed E-state index contributed by atoms with van der Waals surface area (Å²) in [5.41, 5.74) is 3.98. The quantitative estimate of drug-likeness (QED) is 0.423. The summed E-state index contributed by atoms with van der Waals surface area (Å²) in [4.78, 5) is 11.2. The summed E-state index contributed by atoms with van der Waals surface area (Å²) in [6.45, 7) is 13.4. The van der Waals surface area contributed by atoms with Crippen LogP contribution >= 0.6 is 0 Å². The van der Waals surface area contributed by atoms with Crippen LogP contribution in [-0.2, 0) is 47.5 Å². The Labute approximate surface area is 170 Å². The minimum Gasteiger partial charge on any atom is -0.329 e. The van der Waals surface area contributed by atoms with Crippen molar-refractivity contribution in [2.24, 2.45) is 0 Å². The second-order valence-corrected chi connectivity index (χ2v) is 7.85. The third kappa shape index (κ3) is 6.52. The molecule has 132 valence electrons. The molecular weight excluding hydrogens is 405 g/mol. The SMILES string of the molecule is Cc1c[c-]ccc1C.[CH2-]CN(C[CH2-])S(=O)(=O)C(C)(C)C(=O)NO.[Y+3]. The van der Waals surface area contributed by atoms with Crippen LogP contribution in [0.5, 0.6) is 0 Å². The predicted octanol–water partition coefficient (Wildman–Crippen LogP) is 1.67. The number of aryl methyl sites for hydroxylation is 2. The Morgan fingerprint density at radius 1 is 1.29 bits per heavy atom. The van der Waals surface area contributed by atoms with Gasteiger partial charge in [-0.25, -0.2) is 13.9 Å². The van der Waals surface area contributed by atoms with Gasteiger partial charge in [0, 0.05) is 0 Å². The third-order valence-corrected chi connectivity index (χ3v) is 6.00. The number of benzene rings is 1. The zero-order valence-corrected chi connectivity index (χ0v) is 18.3. The van der Waals surface area contributed by atoms with E-state index in [2.05, 4.69) is 39.8 Å². The summed E-state index contributed by atoms with van der Waals surface area (Å²) < 4.78 is 23.0. The second-order valence-electron chi connectivity index (χ2n) is 5.37. The van der Waals surface area contributed by atoms with E-state index in [9.17, 15) is 13.2 Å². The Morgan fingerprint density at radius 3 is 2.08 bits per heavy atom. The number of sulfonamides is 1. The van der Waals surface area contributed by atoms with Crippen molar-refractivity contribution < 1.29 is 51.1 Å². The first-order chi connectivity index (χ1) is 10.6. The molecule has 24 heavy (non-hydrogen) atoms. The fourth-order valence-electron chi connectivity index (χ4n) is 1.52. The molecule has 0 fully saturated rings. The van der Waals surface area contributed by atoms with Gasteiger partial charge in [0.2, 0.25) is 10.0 Å². The minimum atomic E-state index is -3.88. The van der Waals surface area contributed by atoms with Crippen LogP contribution in [0, 0.1) is 33.8 Å². The number of hydrogen-bond acceptors (Lipinski definition) is 4. The maximum atomic E-state index is 11.9. The van der Waals surface area contributed by atoms with E-state index in [1.165, 1.54) is 30.5 Å². The Balaban J connectivity index is 0. The van der Waals surface area contributed by atoms with Gasteiger partial charge in [0.15, 0.2) is 4.75 Å². The second kappa shape index (κ2) is 11.3. The first-order valence-corrected chi connectivity index (χ1v) is 8.46. The molecule has 8 heteroatoms. The molecule has 6 nitrogen and oxygen atoms in total. The minimum absolute atomic E-state index is 0. The third-order valence-electron chi connectivity index (χ3n) is 3.48. The van der Waals surface area contributed by atoms with Gasteiger partial charge >= 0.3 is 32.7 Å². The van der Waals surface area contributed by atoms with Crippen LogP contribution in [0.15, 0.2) is 18.2 Å². The van der Waals surface area contributed by atoms with Crippen molar-refractivity contribution in [2.45, 2.75) is 32.4 Å². The van der Waals surface area contributed by atoms with Crippen LogP contribution in [-0.4, -0.2) is 41.7 Å². The van der Waals surface area contributed by atoms with E-state index in [1.807, 2.05) is 12.1 Å². The summed E-state index contributed by atoms with van der Waals surface area (Å²) in [5, 5.41) is 8.45. The Morgan fingerprint density at radius 2 is 1.79 bits per heavy atom.